The normalized spacial score (nSPS) is 18.5. The fourth-order valence-corrected chi connectivity index (χ4v) is 4.65. The number of hydrogen-bond donors (Lipinski definition) is 0. The zero-order valence-corrected chi connectivity index (χ0v) is 16.0. The summed E-state index contributed by atoms with van der Waals surface area (Å²) in [5.41, 5.74) is 0.787. The SMILES string of the molecule is COc1ccc(S(=O)(=O)N2CCC[C@@H](Oc3ccnc(C)n3)C2)cc1C. The summed E-state index contributed by atoms with van der Waals surface area (Å²) in [5, 5.41) is 0. The minimum absolute atomic E-state index is 0.229. The van der Waals surface area contributed by atoms with E-state index in [0.29, 0.717) is 30.5 Å². The highest BCUT2D eigenvalue weighted by Crippen LogP contribution is 2.26. The van der Waals surface area contributed by atoms with Crippen LogP contribution in [-0.2, 0) is 10.0 Å². The van der Waals surface area contributed by atoms with E-state index in [1.54, 1.807) is 44.5 Å². The van der Waals surface area contributed by atoms with Crippen LogP contribution in [0.5, 0.6) is 11.6 Å². The Morgan fingerprint density at radius 3 is 2.73 bits per heavy atom. The molecule has 8 heteroatoms. The first kappa shape index (κ1) is 18.6. The lowest BCUT2D eigenvalue weighted by Crippen LogP contribution is -2.44. The summed E-state index contributed by atoms with van der Waals surface area (Å²) in [6.07, 6.45) is 2.93. The maximum absolute atomic E-state index is 13.0. The molecule has 0 N–H and O–H groups in total. The van der Waals surface area contributed by atoms with Gasteiger partial charge in [0.15, 0.2) is 0 Å². The highest BCUT2D eigenvalue weighted by molar-refractivity contribution is 7.89. The molecule has 0 radical (unpaired) electrons. The van der Waals surface area contributed by atoms with E-state index in [1.165, 1.54) is 4.31 Å². The molecule has 0 unspecified atom stereocenters. The van der Waals surface area contributed by atoms with Crippen LogP contribution >= 0.6 is 0 Å². The molecule has 1 aromatic heterocycles. The second-order valence-corrected chi connectivity index (χ2v) is 8.26. The number of ether oxygens (including phenoxy) is 2. The molecule has 0 amide bonds. The maximum Gasteiger partial charge on any atom is 0.243 e. The van der Waals surface area contributed by atoms with E-state index >= 15 is 0 Å². The zero-order valence-electron chi connectivity index (χ0n) is 15.2. The summed E-state index contributed by atoms with van der Waals surface area (Å²) in [6, 6.07) is 6.60. The Bertz CT molecular complexity index is 886. The molecule has 1 fully saturated rings. The Labute approximate surface area is 154 Å². The fraction of sp³-hybridized carbons (Fsp3) is 0.444. The summed E-state index contributed by atoms with van der Waals surface area (Å²) >= 11 is 0. The number of methoxy groups -OCH3 is 1. The highest BCUT2D eigenvalue weighted by atomic mass is 32.2. The van der Waals surface area contributed by atoms with Crippen LogP contribution < -0.4 is 9.47 Å². The standard InChI is InChI=1S/C18H23N3O4S/c1-13-11-16(6-7-17(13)24-3)26(22,23)21-10-4-5-15(12-21)25-18-8-9-19-14(2)20-18/h6-9,11,15H,4-5,10,12H2,1-3H3/t15-/m1/s1. The number of piperidine rings is 1. The van der Waals surface area contributed by atoms with Gasteiger partial charge in [-0.2, -0.15) is 9.29 Å². The first-order chi connectivity index (χ1) is 12.4. The van der Waals surface area contributed by atoms with E-state index in [0.717, 1.165) is 18.4 Å². The molecule has 7 nitrogen and oxygen atoms in total. The van der Waals surface area contributed by atoms with Crippen LogP contribution in [0.25, 0.3) is 0 Å². The first-order valence-electron chi connectivity index (χ1n) is 8.51. The first-order valence-corrected chi connectivity index (χ1v) is 9.95. The number of rotatable bonds is 5. The van der Waals surface area contributed by atoms with Crippen molar-refractivity contribution in [2.75, 3.05) is 20.2 Å². The Morgan fingerprint density at radius 1 is 1.23 bits per heavy atom. The van der Waals surface area contributed by atoms with Gasteiger partial charge in [-0.3, -0.25) is 0 Å². The molecule has 26 heavy (non-hydrogen) atoms. The third-order valence-corrected chi connectivity index (χ3v) is 6.24. The molecule has 0 aliphatic carbocycles. The molecule has 1 atom stereocenters. The molecule has 1 saturated heterocycles. The van der Waals surface area contributed by atoms with Crippen LogP contribution in [0.15, 0.2) is 35.4 Å². The molecule has 1 aliphatic heterocycles. The van der Waals surface area contributed by atoms with Crippen LogP contribution in [0.4, 0.5) is 0 Å². The number of aromatic nitrogens is 2. The molecule has 0 bridgehead atoms. The Balaban J connectivity index is 1.76. The molecular formula is C18H23N3O4S. The van der Waals surface area contributed by atoms with Gasteiger partial charge in [0.2, 0.25) is 15.9 Å². The Kier molecular flexibility index (Phi) is 5.43. The van der Waals surface area contributed by atoms with E-state index in [-0.39, 0.29) is 11.0 Å². The lowest BCUT2D eigenvalue weighted by atomic mass is 10.1. The van der Waals surface area contributed by atoms with Gasteiger partial charge in [0, 0.05) is 18.8 Å². The number of sulfonamides is 1. The molecule has 0 saturated carbocycles. The van der Waals surface area contributed by atoms with Crippen LogP contribution in [0, 0.1) is 13.8 Å². The summed E-state index contributed by atoms with van der Waals surface area (Å²) in [5.74, 6) is 1.77. The van der Waals surface area contributed by atoms with Crippen molar-refractivity contribution in [2.24, 2.45) is 0 Å². The van der Waals surface area contributed by atoms with Gasteiger partial charge in [0.25, 0.3) is 0 Å². The minimum atomic E-state index is -3.58. The van der Waals surface area contributed by atoms with Gasteiger partial charge >= 0.3 is 0 Å². The maximum atomic E-state index is 13.0. The largest absolute Gasteiger partial charge is 0.496 e. The predicted molar refractivity (Wildman–Crippen MR) is 96.9 cm³/mol. The second kappa shape index (κ2) is 7.59. The predicted octanol–water partition coefficient (Wildman–Crippen LogP) is 2.33. The van der Waals surface area contributed by atoms with Gasteiger partial charge in [0.1, 0.15) is 17.7 Å². The van der Waals surface area contributed by atoms with Crippen molar-refractivity contribution >= 4 is 10.0 Å². The lowest BCUT2D eigenvalue weighted by Gasteiger charge is -2.32. The average molecular weight is 377 g/mol. The lowest BCUT2D eigenvalue weighted by molar-refractivity contribution is 0.124. The summed E-state index contributed by atoms with van der Waals surface area (Å²) in [4.78, 5) is 8.54. The Hall–Kier alpha value is -2.19. The number of aryl methyl sites for hydroxylation is 2. The monoisotopic (exact) mass is 377 g/mol. The highest BCUT2D eigenvalue weighted by Gasteiger charge is 2.31. The van der Waals surface area contributed by atoms with E-state index < -0.39 is 10.0 Å². The summed E-state index contributed by atoms with van der Waals surface area (Å²) < 4.78 is 38.6. The van der Waals surface area contributed by atoms with E-state index in [4.69, 9.17) is 9.47 Å². The Morgan fingerprint density at radius 2 is 2.04 bits per heavy atom. The smallest absolute Gasteiger partial charge is 0.243 e. The van der Waals surface area contributed by atoms with Gasteiger partial charge < -0.3 is 9.47 Å². The van der Waals surface area contributed by atoms with Crippen LogP contribution in [0.2, 0.25) is 0 Å². The van der Waals surface area contributed by atoms with E-state index in [1.807, 2.05) is 6.92 Å². The van der Waals surface area contributed by atoms with Gasteiger partial charge in [0.05, 0.1) is 18.6 Å². The van der Waals surface area contributed by atoms with Gasteiger partial charge in [-0.1, -0.05) is 0 Å². The van der Waals surface area contributed by atoms with Gasteiger partial charge in [-0.25, -0.2) is 13.4 Å². The summed E-state index contributed by atoms with van der Waals surface area (Å²) in [7, 11) is -2.01. The van der Waals surface area contributed by atoms with E-state index in [9.17, 15) is 8.42 Å². The molecule has 2 heterocycles. The third-order valence-electron chi connectivity index (χ3n) is 4.38. The molecule has 2 aromatic rings. The molecule has 0 spiro atoms. The molecule has 1 aliphatic rings. The molecule has 1 aromatic carbocycles. The van der Waals surface area contributed by atoms with Gasteiger partial charge in [-0.15, -0.1) is 0 Å². The van der Waals surface area contributed by atoms with Crippen LogP contribution in [0.1, 0.15) is 24.2 Å². The topological polar surface area (TPSA) is 81.6 Å². The van der Waals surface area contributed by atoms with Crippen molar-refractivity contribution in [3.8, 4) is 11.6 Å². The second-order valence-electron chi connectivity index (χ2n) is 6.32. The van der Waals surface area contributed by atoms with Crippen molar-refractivity contribution < 1.29 is 17.9 Å². The number of hydrogen-bond acceptors (Lipinski definition) is 6. The van der Waals surface area contributed by atoms with Crippen LogP contribution in [0.3, 0.4) is 0 Å². The van der Waals surface area contributed by atoms with Crippen LogP contribution in [-0.4, -0.2) is 49.0 Å². The van der Waals surface area contributed by atoms with Crippen molar-refractivity contribution in [1.29, 1.82) is 0 Å². The van der Waals surface area contributed by atoms with Crippen molar-refractivity contribution in [3.63, 3.8) is 0 Å². The number of benzene rings is 1. The average Bonchev–Trinajstić information content (AvgIpc) is 2.62. The third kappa shape index (κ3) is 3.96. The van der Waals surface area contributed by atoms with Crippen molar-refractivity contribution in [2.45, 2.75) is 37.7 Å². The molecule has 140 valence electrons. The molecule has 3 rings (SSSR count). The quantitative estimate of drug-likeness (QED) is 0.795. The number of nitrogens with zero attached hydrogens (tertiary/aromatic N) is 3. The zero-order chi connectivity index (χ0) is 18.7. The summed E-state index contributed by atoms with van der Waals surface area (Å²) in [6.45, 7) is 4.40. The minimum Gasteiger partial charge on any atom is -0.496 e. The van der Waals surface area contributed by atoms with Gasteiger partial charge in [-0.05, 0) is 50.5 Å². The van der Waals surface area contributed by atoms with Crippen molar-refractivity contribution in [1.82, 2.24) is 14.3 Å². The van der Waals surface area contributed by atoms with Crippen molar-refractivity contribution in [3.05, 3.63) is 41.9 Å². The fourth-order valence-electron chi connectivity index (χ4n) is 3.05. The molecular weight excluding hydrogens is 354 g/mol. The van der Waals surface area contributed by atoms with E-state index in [2.05, 4.69) is 9.97 Å².